The SMILES string of the molecule is Cc1ccc(Cn2nc(C)c(/C=C/C(=O)OCc3cc(=O)n(C)c(=O)n3C)c2Cl)cc1. The molecule has 31 heavy (non-hydrogen) atoms. The van der Waals surface area contributed by atoms with E-state index in [2.05, 4.69) is 5.10 Å². The second-order valence-electron chi connectivity index (χ2n) is 7.25. The van der Waals surface area contributed by atoms with Crippen molar-refractivity contribution in [2.75, 3.05) is 0 Å². The fraction of sp³-hybridized carbons (Fsp3) is 0.273. The molecule has 3 rings (SSSR count). The normalized spacial score (nSPS) is 11.3. The standard InChI is InChI=1S/C22H23ClN4O4/c1-14-5-7-16(8-6-14)12-27-21(23)18(15(2)24-27)9-10-20(29)31-13-17-11-19(28)26(4)22(30)25(17)3/h5-11H,12-13H2,1-4H3/b10-9+. The molecule has 0 bridgehead atoms. The summed E-state index contributed by atoms with van der Waals surface area (Å²) in [5, 5.41) is 4.86. The quantitative estimate of drug-likeness (QED) is 0.432. The van der Waals surface area contributed by atoms with Gasteiger partial charge in [0, 0.05) is 31.8 Å². The molecule has 0 radical (unpaired) electrons. The third-order valence-electron chi connectivity index (χ3n) is 4.94. The summed E-state index contributed by atoms with van der Waals surface area (Å²) in [6.07, 6.45) is 2.78. The van der Waals surface area contributed by atoms with Crippen molar-refractivity contribution in [1.29, 1.82) is 0 Å². The van der Waals surface area contributed by atoms with E-state index < -0.39 is 17.2 Å². The molecule has 0 N–H and O–H groups in total. The Balaban J connectivity index is 1.70. The number of rotatable bonds is 6. The molecule has 0 atom stereocenters. The molecule has 0 amide bonds. The number of carbonyl (C=O) groups is 1. The van der Waals surface area contributed by atoms with Crippen molar-refractivity contribution < 1.29 is 9.53 Å². The summed E-state index contributed by atoms with van der Waals surface area (Å²) in [6, 6.07) is 9.33. The van der Waals surface area contributed by atoms with Crippen LogP contribution in [0.15, 0.2) is 46.0 Å². The molecule has 2 heterocycles. The molecule has 0 aliphatic heterocycles. The third-order valence-corrected chi connectivity index (χ3v) is 5.33. The van der Waals surface area contributed by atoms with Crippen molar-refractivity contribution in [1.82, 2.24) is 18.9 Å². The highest BCUT2D eigenvalue weighted by Crippen LogP contribution is 2.22. The first kappa shape index (κ1) is 22.3. The van der Waals surface area contributed by atoms with Crippen LogP contribution in [0.1, 0.15) is 28.1 Å². The van der Waals surface area contributed by atoms with E-state index in [4.69, 9.17) is 16.3 Å². The molecular formula is C22H23ClN4O4. The molecular weight excluding hydrogens is 420 g/mol. The number of hydrogen-bond acceptors (Lipinski definition) is 5. The minimum absolute atomic E-state index is 0.204. The monoisotopic (exact) mass is 442 g/mol. The number of ether oxygens (including phenoxy) is 1. The molecule has 0 aliphatic rings. The van der Waals surface area contributed by atoms with Crippen molar-refractivity contribution in [3.05, 3.63) is 90.5 Å². The lowest BCUT2D eigenvalue weighted by Crippen LogP contribution is -2.38. The summed E-state index contributed by atoms with van der Waals surface area (Å²) in [6.45, 7) is 4.13. The van der Waals surface area contributed by atoms with Crippen LogP contribution in [0.3, 0.4) is 0 Å². The van der Waals surface area contributed by atoms with Crippen molar-refractivity contribution in [3.63, 3.8) is 0 Å². The van der Waals surface area contributed by atoms with Crippen LogP contribution in [0.5, 0.6) is 0 Å². The van der Waals surface area contributed by atoms with E-state index >= 15 is 0 Å². The van der Waals surface area contributed by atoms with Crippen LogP contribution in [0.25, 0.3) is 6.08 Å². The van der Waals surface area contributed by atoms with Crippen molar-refractivity contribution in [3.8, 4) is 0 Å². The Labute approximate surface area is 184 Å². The highest BCUT2D eigenvalue weighted by Gasteiger charge is 2.13. The van der Waals surface area contributed by atoms with E-state index in [1.165, 1.54) is 36.4 Å². The van der Waals surface area contributed by atoms with Crippen LogP contribution in [0, 0.1) is 13.8 Å². The van der Waals surface area contributed by atoms with E-state index in [-0.39, 0.29) is 6.61 Å². The van der Waals surface area contributed by atoms with Gasteiger partial charge in [-0.15, -0.1) is 0 Å². The van der Waals surface area contributed by atoms with Crippen molar-refractivity contribution >= 4 is 23.6 Å². The number of aryl methyl sites for hydroxylation is 2. The average Bonchev–Trinajstić information content (AvgIpc) is 3.00. The summed E-state index contributed by atoms with van der Waals surface area (Å²) in [5.74, 6) is -0.630. The first-order valence-corrected chi connectivity index (χ1v) is 9.94. The lowest BCUT2D eigenvalue weighted by molar-refractivity contribution is -0.139. The van der Waals surface area contributed by atoms with E-state index in [1.807, 2.05) is 31.2 Å². The molecule has 2 aromatic heterocycles. The van der Waals surface area contributed by atoms with Gasteiger partial charge in [0.1, 0.15) is 11.8 Å². The van der Waals surface area contributed by atoms with Gasteiger partial charge in [0.05, 0.1) is 17.9 Å². The zero-order valence-corrected chi connectivity index (χ0v) is 18.5. The summed E-state index contributed by atoms with van der Waals surface area (Å²) in [7, 11) is 2.89. The Hall–Kier alpha value is -3.39. The Morgan fingerprint density at radius 3 is 2.48 bits per heavy atom. The maximum atomic E-state index is 12.1. The largest absolute Gasteiger partial charge is 0.456 e. The van der Waals surface area contributed by atoms with Gasteiger partial charge in [-0.2, -0.15) is 5.10 Å². The first-order chi connectivity index (χ1) is 14.7. The zero-order chi connectivity index (χ0) is 22.7. The Bertz CT molecular complexity index is 1270. The van der Waals surface area contributed by atoms with Gasteiger partial charge in [-0.3, -0.25) is 13.9 Å². The van der Waals surface area contributed by atoms with Crippen LogP contribution >= 0.6 is 11.6 Å². The first-order valence-electron chi connectivity index (χ1n) is 9.56. The van der Waals surface area contributed by atoms with Crippen LogP contribution < -0.4 is 11.2 Å². The maximum Gasteiger partial charge on any atom is 0.331 e. The number of benzene rings is 1. The zero-order valence-electron chi connectivity index (χ0n) is 17.8. The van der Waals surface area contributed by atoms with Gasteiger partial charge in [0.15, 0.2) is 0 Å². The van der Waals surface area contributed by atoms with Crippen LogP contribution in [-0.2, 0) is 36.8 Å². The van der Waals surface area contributed by atoms with Gasteiger partial charge >= 0.3 is 11.7 Å². The van der Waals surface area contributed by atoms with Crippen LogP contribution in [-0.4, -0.2) is 24.9 Å². The highest BCUT2D eigenvalue weighted by molar-refractivity contribution is 6.31. The number of hydrogen-bond donors (Lipinski definition) is 0. The molecule has 0 saturated carbocycles. The number of nitrogens with zero attached hydrogens (tertiary/aromatic N) is 4. The molecule has 0 aliphatic carbocycles. The number of esters is 1. The van der Waals surface area contributed by atoms with E-state index in [9.17, 15) is 14.4 Å². The van der Waals surface area contributed by atoms with Crippen LogP contribution in [0.4, 0.5) is 0 Å². The van der Waals surface area contributed by atoms with Crippen LogP contribution in [0.2, 0.25) is 5.15 Å². The molecule has 8 nitrogen and oxygen atoms in total. The summed E-state index contributed by atoms with van der Waals surface area (Å²) in [4.78, 5) is 35.8. The van der Waals surface area contributed by atoms with Gasteiger partial charge in [0.2, 0.25) is 0 Å². The Kier molecular flexibility index (Phi) is 6.60. The lowest BCUT2D eigenvalue weighted by atomic mass is 10.1. The van der Waals surface area contributed by atoms with Gasteiger partial charge in [-0.05, 0) is 25.5 Å². The van der Waals surface area contributed by atoms with Crippen molar-refractivity contribution in [2.24, 2.45) is 14.1 Å². The summed E-state index contributed by atoms with van der Waals surface area (Å²) in [5.41, 5.74) is 2.87. The predicted molar refractivity (Wildman–Crippen MR) is 118 cm³/mol. The van der Waals surface area contributed by atoms with Gasteiger partial charge < -0.3 is 4.74 Å². The molecule has 0 fully saturated rings. The van der Waals surface area contributed by atoms with E-state index in [0.717, 1.165) is 10.1 Å². The maximum absolute atomic E-state index is 12.1. The third kappa shape index (κ3) is 5.03. The number of halogens is 1. The van der Waals surface area contributed by atoms with Crippen molar-refractivity contribution in [2.45, 2.75) is 27.0 Å². The minimum Gasteiger partial charge on any atom is -0.456 e. The summed E-state index contributed by atoms with van der Waals surface area (Å²) >= 11 is 6.46. The number of aromatic nitrogens is 4. The molecule has 1 aromatic carbocycles. The number of carbonyl (C=O) groups excluding carboxylic acids is 1. The Morgan fingerprint density at radius 2 is 1.81 bits per heavy atom. The van der Waals surface area contributed by atoms with E-state index in [0.29, 0.717) is 28.6 Å². The fourth-order valence-corrected chi connectivity index (χ4v) is 3.29. The highest BCUT2D eigenvalue weighted by atomic mass is 35.5. The fourth-order valence-electron chi connectivity index (χ4n) is 2.99. The molecule has 0 saturated heterocycles. The topological polar surface area (TPSA) is 88.1 Å². The Morgan fingerprint density at radius 1 is 1.13 bits per heavy atom. The van der Waals surface area contributed by atoms with Gasteiger partial charge in [-0.1, -0.05) is 41.4 Å². The molecule has 162 valence electrons. The molecule has 3 aromatic rings. The smallest absolute Gasteiger partial charge is 0.331 e. The van der Waals surface area contributed by atoms with Gasteiger partial charge in [0.25, 0.3) is 5.56 Å². The summed E-state index contributed by atoms with van der Waals surface area (Å²) < 4.78 is 9.07. The second-order valence-corrected chi connectivity index (χ2v) is 7.61. The van der Waals surface area contributed by atoms with Gasteiger partial charge in [-0.25, -0.2) is 14.3 Å². The second kappa shape index (κ2) is 9.18. The molecule has 9 heteroatoms. The molecule has 0 spiro atoms. The minimum atomic E-state index is -0.630. The van der Waals surface area contributed by atoms with E-state index in [1.54, 1.807) is 17.7 Å². The average molecular weight is 443 g/mol. The lowest BCUT2D eigenvalue weighted by Gasteiger charge is -2.09. The predicted octanol–water partition coefficient (Wildman–Crippen LogP) is 2.36. The molecule has 0 unspecified atom stereocenters.